The summed E-state index contributed by atoms with van der Waals surface area (Å²) in [5.74, 6) is -0.526. The van der Waals surface area contributed by atoms with Crippen LogP contribution in [0.5, 0.6) is 0 Å². The van der Waals surface area contributed by atoms with Gasteiger partial charge in [0, 0.05) is 16.6 Å². The summed E-state index contributed by atoms with van der Waals surface area (Å²) in [4.78, 5) is 14.8. The van der Waals surface area contributed by atoms with E-state index in [0.717, 1.165) is 10.8 Å². The fourth-order valence-corrected chi connectivity index (χ4v) is 1.43. The van der Waals surface area contributed by atoms with Crippen LogP contribution in [0.3, 0.4) is 0 Å². The Labute approximate surface area is 85.5 Å². The molecule has 0 radical (unpaired) electrons. The Balaban J connectivity index is 2.67. The number of benzene rings is 1. The van der Waals surface area contributed by atoms with Crippen molar-refractivity contribution in [2.75, 3.05) is 0 Å². The van der Waals surface area contributed by atoms with Crippen LogP contribution >= 0.6 is 11.6 Å². The number of carbonyl (C=O) groups excluding carboxylic acids is 1. The zero-order chi connectivity index (χ0) is 10.1. The molecule has 2 N–H and O–H groups in total. The van der Waals surface area contributed by atoms with Crippen LogP contribution in [0, 0.1) is 0 Å². The van der Waals surface area contributed by atoms with Crippen molar-refractivity contribution in [2.24, 2.45) is 5.73 Å². The Morgan fingerprint density at radius 3 is 2.79 bits per heavy atom. The summed E-state index contributed by atoms with van der Waals surface area (Å²) < 4.78 is 0. The van der Waals surface area contributed by atoms with Crippen molar-refractivity contribution < 1.29 is 4.79 Å². The first-order chi connectivity index (χ1) is 6.66. The van der Waals surface area contributed by atoms with Crippen LogP contribution in [0.2, 0.25) is 5.02 Å². The van der Waals surface area contributed by atoms with Crippen LogP contribution < -0.4 is 5.73 Å². The largest absolute Gasteiger partial charge is 0.364 e. The van der Waals surface area contributed by atoms with Gasteiger partial charge in [-0.1, -0.05) is 17.7 Å². The molecule has 1 aromatic carbocycles. The third kappa shape index (κ3) is 1.54. The second-order valence-electron chi connectivity index (χ2n) is 2.93. The summed E-state index contributed by atoms with van der Waals surface area (Å²) in [6.45, 7) is 0. The van der Waals surface area contributed by atoms with Crippen molar-refractivity contribution in [3.8, 4) is 0 Å². The van der Waals surface area contributed by atoms with E-state index in [1.54, 1.807) is 24.4 Å². The number of pyridine rings is 1. The van der Waals surface area contributed by atoms with E-state index >= 15 is 0 Å². The lowest BCUT2D eigenvalue weighted by atomic mass is 10.1. The van der Waals surface area contributed by atoms with Crippen molar-refractivity contribution in [1.82, 2.24) is 4.98 Å². The zero-order valence-electron chi connectivity index (χ0n) is 7.20. The lowest BCUT2D eigenvalue weighted by Crippen LogP contribution is -2.12. The van der Waals surface area contributed by atoms with Crippen LogP contribution in [-0.4, -0.2) is 10.9 Å². The van der Waals surface area contributed by atoms with Crippen molar-refractivity contribution in [3.63, 3.8) is 0 Å². The molecular formula is C10H7ClN2O. The first kappa shape index (κ1) is 8.97. The first-order valence-corrected chi connectivity index (χ1v) is 4.40. The number of aromatic nitrogens is 1. The number of primary amides is 1. The summed E-state index contributed by atoms with van der Waals surface area (Å²) in [5.41, 5.74) is 5.37. The van der Waals surface area contributed by atoms with Crippen LogP contribution in [0.15, 0.2) is 30.5 Å². The number of nitrogens with two attached hydrogens (primary N) is 1. The van der Waals surface area contributed by atoms with Crippen molar-refractivity contribution in [3.05, 3.63) is 41.2 Å². The molecule has 2 rings (SSSR count). The Hall–Kier alpha value is -1.61. The van der Waals surface area contributed by atoms with Gasteiger partial charge in [0.25, 0.3) is 5.91 Å². The van der Waals surface area contributed by atoms with Gasteiger partial charge in [-0.25, -0.2) is 0 Å². The maximum Gasteiger partial charge on any atom is 0.267 e. The van der Waals surface area contributed by atoms with Gasteiger partial charge in [-0.3, -0.25) is 9.78 Å². The standard InChI is InChI=1S/C10H7ClN2O/c11-8-2-1-6-4-9(10(12)14)13-5-7(6)3-8/h1-5H,(H2,12,14). The van der Waals surface area contributed by atoms with Crippen LogP contribution in [0.1, 0.15) is 10.5 Å². The van der Waals surface area contributed by atoms with Gasteiger partial charge in [0.05, 0.1) is 0 Å². The van der Waals surface area contributed by atoms with Gasteiger partial charge in [0.1, 0.15) is 5.69 Å². The molecule has 0 unspecified atom stereocenters. The minimum atomic E-state index is -0.526. The third-order valence-corrected chi connectivity index (χ3v) is 2.17. The van der Waals surface area contributed by atoms with Crippen LogP contribution in [0.25, 0.3) is 10.8 Å². The summed E-state index contributed by atoms with van der Waals surface area (Å²) >= 11 is 5.80. The molecule has 0 saturated carbocycles. The molecule has 0 fully saturated rings. The number of nitrogens with zero attached hydrogens (tertiary/aromatic N) is 1. The van der Waals surface area contributed by atoms with Crippen LogP contribution in [-0.2, 0) is 0 Å². The van der Waals surface area contributed by atoms with Gasteiger partial charge in [-0.2, -0.15) is 0 Å². The second-order valence-corrected chi connectivity index (χ2v) is 3.36. The molecule has 0 aliphatic heterocycles. The average Bonchev–Trinajstić information content (AvgIpc) is 2.16. The van der Waals surface area contributed by atoms with E-state index in [2.05, 4.69) is 4.98 Å². The molecule has 14 heavy (non-hydrogen) atoms. The maximum absolute atomic E-state index is 10.8. The number of fused-ring (bicyclic) bond motifs is 1. The number of hydrogen-bond acceptors (Lipinski definition) is 2. The highest BCUT2D eigenvalue weighted by Gasteiger charge is 2.03. The quantitative estimate of drug-likeness (QED) is 0.776. The fourth-order valence-electron chi connectivity index (χ4n) is 1.25. The van der Waals surface area contributed by atoms with Crippen molar-refractivity contribution in [1.29, 1.82) is 0 Å². The molecule has 2 aromatic rings. The van der Waals surface area contributed by atoms with E-state index in [1.807, 2.05) is 6.07 Å². The number of rotatable bonds is 1. The highest BCUT2D eigenvalue weighted by molar-refractivity contribution is 6.31. The monoisotopic (exact) mass is 206 g/mol. The van der Waals surface area contributed by atoms with E-state index in [4.69, 9.17) is 17.3 Å². The third-order valence-electron chi connectivity index (χ3n) is 1.94. The lowest BCUT2D eigenvalue weighted by Gasteiger charge is -1.99. The zero-order valence-corrected chi connectivity index (χ0v) is 7.95. The SMILES string of the molecule is NC(=O)c1cc2ccc(Cl)cc2cn1. The van der Waals surface area contributed by atoms with Crippen molar-refractivity contribution >= 4 is 28.3 Å². The van der Waals surface area contributed by atoms with Gasteiger partial charge in [0.15, 0.2) is 0 Å². The maximum atomic E-state index is 10.8. The topological polar surface area (TPSA) is 56.0 Å². The first-order valence-electron chi connectivity index (χ1n) is 4.02. The Morgan fingerprint density at radius 1 is 1.29 bits per heavy atom. The summed E-state index contributed by atoms with van der Waals surface area (Å²) in [6.07, 6.45) is 1.58. The van der Waals surface area contributed by atoms with Crippen molar-refractivity contribution in [2.45, 2.75) is 0 Å². The molecule has 1 amide bonds. The summed E-state index contributed by atoms with van der Waals surface area (Å²) in [7, 11) is 0. The summed E-state index contributed by atoms with van der Waals surface area (Å²) in [5, 5.41) is 2.44. The Morgan fingerprint density at radius 2 is 2.07 bits per heavy atom. The molecule has 1 aromatic heterocycles. The highest BCUT2D eigenvalue weighted by Crippen LogP contribution is 2.18. The molecule has 0 aliphatic carbocycles. The normalized spacial score (nSPS) is 10.4. The average molecular weight is 207 g/mol. The number of carbonyl (C=O) groups is 1. The van der Waals surface area contributed by atoms with E-state index in [1.165, 1.54) is 0 Å². The van der Waals surface area contributed by atoms with Crippen LogP contribution in [0.4, 0.5) is 0 Å². The fraction of sp³-hybridized carbons (Fsp3) is 0. The van der Waals surface area contributed by atoms with E-state index in [0.29, 0.717) is 5.02 Å². The molecule has 0 aliphatic rings. The molecule has 0 spiro atoms. The molecular weight excluding hydrogens is 200 g/mol. The molecule has 0 bridgehead atoms. The number of hydrogen-bond donors (Lipinski definition) is 1. The molecule has 3 nitrogen and oxygen atoms in total. The number of halogens is 1. The van der Waals surface area contributed by atoms with Gasteiger partial charge in [-0.15, -0.1) is 0 Å². The van der Waals surface area contributed by atoms with E-state index < -0.39 is 5.91 Å². The van der Waals surface area contributed by atoms with E-state index in [9.17, 15) is 4.79 Å². The molecule has 4 heteroatoms. The summed E-state index contributed by atoms with van der Waals surface area (Å²) in [6, 6.07) is 7.02. The predicted octanol–water partition coefficient (Wildman–Crippen LogP) is 1.99. The van der Waals surface area contributed by atoms with Gasteiger partial charge in [-0.05, 0) is 23.6 Å². The van der Waals surface area contributed by atoms with E-state index in [-0.39, 0.29) is 5.69 Å². The molecule has 0 atom stereocenters. The lowest BCUT2D eigenvalue weighted by molar-refractivity contribution is 0.0996. The number of amides is 1. The smallest absolute Gasteiger partial charge is 0.267 e. The highest BCUT2D eigenvalue weighted by atomic mass is 35.5. The van der Waals surface area contributed by atoms with Gasteiger partial charge in [0.2, 0.25) is 0 Å². The molecule has 1 heterocycles. The second kappa shape index (κ2) is 3.27. The Bertz CT molecular complexity index is 510. The van der Waals surface area contributed by atoms with Gasteiger partial charge >= 0.3 is 0 Å². The van der Waals surface area contributed by atoms with Gasteiger partial charge < -0.3 is 5.73 Å². The minimum Gasteiger partial charge on any atom is -0.364 e. The Kier molecular flexibility index (Phi) is 2.09. The molecule has 70 valence electrons. The molecule has 0 saturated heterocycles. The minimum absolute atomic E-state index is 0.264. The predicted molar refractivity (Wildman–Crippen MR) is 55.3 cm³/mol.